The molecule has 1 aromatic heterocycles. The molecule has 26 heavy (non-hydrogen) atoms. The summed E-state index contributed by atoms with van der Waals surface area (Å²) in [5.41, 5.74) is 0.848. The van der Waals surface area contributed by atoms with Crippen molar-refractivity contribution in [3.63, 3.8) is 0 Å². The van der Waals surface area contributed by atoms with Gasteiger partial charge in [-0.2, -0.15) is 0 Å². The number of hydrogen-bond donors (Lipinski definition) is 2. The third-order valence-corrected chi connectivity index (χ3v) is 4.02. The largest absolute Gasteiger partial charge is 0.351 e. The first kappa shape index (κ1) is 17.6. The van der Waals surface area contributed by atoms with Gasteiger partial charge in [0.2, 0.25) is 0 Å². The summed E-state index contributed by atoms with van der Waals surface area (Å²) in [4.78, 5) is 41.0. The Morgan fingerprint density at radius 3 is 2.46 bits per heavy atom. The topological polar surface area (TPSA) is 87.2 Å². The number of hydrogen-bond acceptors (Lipinski definition) is 4. The molecule has 0 aliphatic rings. The van der Waals surface area contributed by atoms with Crippen LogP contribution in [0, 0.1) is 0 Å². The molecule has 3 rings (SSSR count). The van der Waals surface area contributed by atoms with Crippen molar-refractivity contribution < 1.29 is 4.79 Å². The highest BCUT2D eigenvalue weighted by atomic mass is 16.2. The number of aromatic nitrogens is 2. The molecule has 1 heterocycles. The number of carbonyl (C=O) groups excluding carboxylic acids is 1. The van der Waals surface area contributed by atoms with Gasteiger partial charge >= 0.3 is 11.1 Å². The van der Waals surface area contributed by atoms with Gasteiger partial charge in [-0.15, -0.1) is 0 Å². The van der Waals surface area contributed by atoms with Gasteiger partial charge < -0.3 is 15.2 Å². The SMILES string of the molecule is CN(C)CCNC(=O)c1ccc(-n2c(=O)c(=O)[nH]c3ccccc32)cc1. The van der Waals surface area contributed by atoms with Gasteiger partial charge in [-0.05, 0) is 50.5 Å². The van der Waals surface area contributed by atoms with Crippen LogP contribution in [0.25, 0.3) is 16.7 Å². The number of nitrogens with one attached hydrogen (secondary N) is 2. The quantitative estimate of drug-likeness (QED) is 0.670. The lowest BCUT2D eigenvalue weighted by Crippen LogP contribution is -2.35. The average Bonchev–Trinajstić information content (AvgIpc) is 2.62. The Bertz CT molecular complexity index is 1050. The molecular formula is C19H20N4O3. The fourth-order valence-corrected chi connectivity index (χ4v) is 2.67. The van der Waals surface area contributed by atoms with Gasteiger partial charge in [-0.3, -0.25) is 19.0 Å². The van der Waals surface area contributed by atoms with E-state index in [0.29, 0.717) is 28.8 Å². The third-order valence-electron chi connectivity index (χ3n) is 4.02. The van der Waals surface area contributed by atoms with Crippen LogP contribution in [0.1, 0.15) is 10.4 Å². The predicted molar refractivity (Wildman–Crippen MR) is 101 cm³/mol. The molecule has 0 saturated heterocycles. The van der Waals surface area contributed by atoms with Crippen LogP contribution in [0.3, 0.4) is 0 Å². The highest BCUT2D eigenvalue weighted by Gasteiger charge is 2.10. The van der Waals surface area contributed by atoms with Crippen LogP contribution in [0.15, 0.2) is 58.1 Å². The second-order valence-electron chi connectivity index (χ2n) is 6.22. The molecule has 0 atom stereocenters. The zero-order valence-corrected chi connectivity index (χ0v) is 14.7. The van der Waals surface area contributed by atoms with Crippen LogP contribution >= 0.6 is 0 Å². The lowest BCUT2D eigenvalue weighted by Gasteiger charge is -2.12. The summed E-state index contributed by atoms with van der Waals surface area (Å²) in [6.07, 6.45) is 0. The molecule has 0 aliphatic heterocycles. The Hall–Kier alpha value is -3.19. The molecular weight excluding hydrogens is 332 g/mol. The Labute approximate surface area is 149 Å². The van der Waals surface area contributed by atoms with Gasteiger partial charge in [0.15, 0.2) is 0 Å². The molecule has 7 nitrogen and oxygen atoms in total. The molecule has 2 N–H and O–H groups in total. The molecule has 0 spiro atoms. The van der Waals surface area contributed by atoms with Gasteiger partial charge in [0.25, 0.3) is 5.91 Å². The molecule has 3 aromatic rings. The van der Waals surface area contributed by atoms with Gasteiger partial charge in [-0.1, -0.05) is 12.1 Å². The molecule has 7 heteroatoms. The van der Waals surface area contributed by atoms with Gasteiger partial charge in [-0.25, -0.2) is 0 Å². The molecule has 0 saturated carbocycles. The summed E-state index contributed by atoms with van der Waals surface area (Å²) >= 11 is 0. The number of benzene rings is 2. The lowest BCUT2D eigenvalue weighted by molar-refractivity contribution is 0.0951. The van der Waals surface area contributed by atoms with E-state index in [2.05, 4.69) is 10.3 Å². The number of H-pyrrole nitrogens is 1. The molecule has 0 unspecified atom stereocenters. The number of carbonyl (C=O) groups is 1. The summed E-state index contributed by atoms with van der Waals surface area (Å²) in [6, 6.07) is 13.7. The molecule has 0 fully saturated rings. The van der Waals surface area contributed by atoms with Crippen molar-refractivity contribution in [2.75, 3.05) is 27.2 Å². The number of fused-ring (bicyclic) bond motifs is 1. The van der Waals surface area contributed by atoms with E-state index < -0.39 is 11.1 Å². The molecule has 0 aliphatic carbocycles. The second-order valence-corrected chi connectivity index (χ2v) is 6.22. The van der Waals surface area contributed by atoms with Crippen LogP contribution < -0.4 is 16.4 Å². The van der Waals surface area contributed by atoms with Gasteiger partial charge in [0.05, 0.1) is 11.0 Å². The van der Waals surface area contributed by atoms with Crippen LogP contribution in [0.5, 0.6) is 0 Å². The highest BCUT2D eigenvalue weighted by molar-refractivity contribution is 5.94. The van der Waals surface area contributed by atoms with Gasteiger partial charge in [0.1, 0.15) is 0 Å². The maximum atomic E-state index is 12.3. The van der Waals surface area contributed by atoms with Crippen molar-refractivity contribution >= 4 is 16.9 Å². The van der Waals surface area contributed by atoms with E-state index in [1.807, 2.05) is 19.0 Å². The zero-order chi connectivity index (χ0) is 18.7. The number of nitrogens with zero attached hydrogens (tertiary/aromatic N) is 2. The number of rotatable bonds is 5. The highest BCUT2D eigenvalue weighted by Crippen LogP contribution is 2.14. The van der Waals surface area contributed by atoms with E-state index in [0.717, 1.165) is 6.54 Å². The number of amides is 1. The van der Waals surface area contributed by atoms with Crippen molar-refractivity contribution in [1.29, 1.82) is 0 Å². The van der Waals surface area contributed by atoms with E-state index in [9.17, 15) is 14.4 Å². The van der Waals surface area contributed by atoms with E-state index in [4.69, 9.17) is 0 Å². The zero-order valence-electron chi connectivity index (χ0n) is 14.7. The maximum Gasteiger partial charge on any atom is 0.321 e. The van der Waals surface area contributed by atoms with Crippen molar-refractivity contribution in [2.45, 2.75) is 0 Å². The summed E-state index contributed by atoms with van der Waals surface area (Å²) in [5, 5.41) is 2.84. The summed E-state index contributed by atoms with van der Waals surface area (Å²) in [5.74, 6) is -0.179. The van der Waals surface area contributed by atoms with Crippen LogP contribution in [0.2, 0.25) is 0 Å². The minimum Gasteiger partial charge on any atom is -0.351 e. The smallest absolute Gasteiger partial charge is 0.321 e. The maximum absolute atomic E-state index is 12.3. The van der Waals surface area contributed by atoms with Crippen molar-refractivity contribution in [3.05, 3.63) is 74.8 Å². The van der Waals surface area contributed by atoms with E-state index in [1.54, 1.807) is 48.5 Å². The second kappa shape index (κ2) is 7.37. The minimum atomic E-state index is -0.686. The Morgan fingerprint density at radius 2 is 1.77 bits per heavy atom. The van der Waals surface area contributed by atoms with Crippen molar-refractivity contribution in [1.82, 2.24) is 19.8 Å². The number of likely N-dealkylation sites (N-methyl/N-ethyl adjacent to an activating group) is 1. The van der Waals surface area contributed by atoms with Crippen molar-refractivity contribution in [3.8, 4) is 5.69 Å². The first-order valence-corrected chi connectivity index (χ1v) is 8.25. The normalized spacial score (nSPS) is 11.0. The summed E-state index contributed by atoms with van der Waals surface area (Å²) < 4.78 is 1.35. The lowest BCUT2D eigenvalue weighted by atomic mass is 10.2. The molecule has 1 amide bonds. The predicted octanol–water partition coefficient (Wildman–Crippen LogP) is 0.970. The Morgan fingerprint density at radius 1 is 1.08 bits per heavy atom. The standard InChI is InChI=1S/C19H20N4O3/c1-22(2)12-11-20-17(24)13-7-9-14(10-8-13)23-16-6-4-3-5-15(16)21-18(25)19(23)26/h3-10H,11-12H2,1-2H3,(H,20,24)(H,21,25). The Balaban J connectivity index is 1.94. The van der Waals surface area contributed by atoms with E-state index >= 15 is 0 Å². The first-order valence-electron chi connectivity index (χ1n) is 8.25. The molecule has 134 valence electrons. The fraction of sp³-hybridized carbons (Fsp3) is 0.211. The Kier molecular flexibility index (Phi) is 4.99. The number of para-hydroxylation sites is 2. The molecule has 0 bridgehead atoms. The van der Waals surface area contributed by atoms with Crippen LogP contribution in [-0.4, -0.2) is 47.5 Å². The summed E-state index contributed by atoms with van der Waals surface area (Å²) in [6.45, 7) is 1.30. The fourth-order valence-electron chi connectivity index (χ4n) is 2.67. The summed E-state index contributed by atoms with van der Waals surface area (Å²) in [7, 11) is 3.87. The average molecular weight is 352 g/mol. The molecule has 0 radical (unpaired) electrons. The first-order chi connectivity index (χ1) is 12.5. The monoisotopic (exact) mass is 352 g/mol. The van der Waals surface area contributed by atoms with Gasteiger partial charge in [0, 0.05) is 24.3 Å². The van der Waals surface area contributed by atoms with Crippen LogP contribution in [-0.2, 0) is 0 Å². The third kappa shape index (κ3) is 3.57. The van der Waals surface area contributed by atoms with E-state index in [1.165, 1.54) is 4.57 Å². The number of aromatic amines is 1. The van der Waals surface area contributed by atoms with Crippen LogP contribution in [0.4, 0.5) is 0 Å². The van der Waals surface area contributed by atoms with Crippen molar-refractivity contribution in [2.24, 2.45) is 0 Å². The minimum absolute atomic E-state index is 0.179. The van der Waals surface area contributed by atoms with E-state index in [-0.39, 0.29) is 5.91 Å². The molecule has 2 aromatic carbocycles.